The normalized spacial score (nSPS) is 13.9. The van der Waals surface area contributed by atoms with Crippen LogP contribution in [0.5, 0.6) is 11.5 Å². The molecule has 0 saturated heterocycles. The molecule has 2 unspecified atom stereocenters. The second kappa shape index (κ2) is 21.1. The molecule has 1 heterocycles. The number of aryl methyl sites for hydroxylation is 1. The maximum Gasteiger partial charge on any atom is 0.220 e. The van der Waals surface area contributed by atoms with Crippen molar-refractivity contribution in [1.82, 2.24) is 31.0 Å². The Kier molecular flexibility index (Phi) is 16.3. The van der Waals surface area contributed by atoms with Crippen molar-refractivity contribution in [3.63, 3.8) is 0 Å². The first-order valence-electron chi connectivity index (χ1n) is 17.3. The summed E-state index contributed by atoms with van der Waals surface area (Å²) in [6, 6.07) is 18.4. The van der Waals surface area contributed by atoms with Gasteiger partial charge in [0.2, 0.25) is 17.6 Å². The molecule has 2 aromatic carbocycles. The number of ether oxygens (including phenoxy) is 2. The van der Waals surface area contributed by atoms with Crippen molar-refractivity contribution in [2.75, 3.05) is 26.3 Å². The number of rotatable bonds is 21. The molecular formula is C36H46N14O4. The molecule has 0 aliphatic rings. The minimum Gasteiger partial charge on any atom is -0.494 e. The van der Waals surface area contributed by atoms with E-state index in [0.29, 0.717) is 73.7 Å². The summed E-state index contributed by atoms with van der Waals surface area (Å²) in [6.07, 6.45) is 1.36. The lowest BCUT2D eigenvalue weighted by atomic mass is 9.97. The van der Waals surface area contributed by atoms with Crippen molar-refractivity contribution in [3.05, 3.63) is 59.9 Å². The molecule has 3 rings (SSSR count). The predicted octanol–water partition coefficient (Wildman–Crippen LogP) is 3.29. The van der Waals surface area contributed by atoms with E-state index < -0.39 is 11.1 Å². The van der Waals surface area contributed by atoms with E-state index in [9.17, 15) is 20.1 Å². The minimum atomic E-state index is -1.33. The van der Waals surface area contributed by atoms with Crippen molar-refractivity contribution >= 4 is 23.5 Å². The number of nitriles is 2. The highest BCUT2D eigenvalue weighted by molar-refractivity contribution is 5.97. The van der Waals surface area contributed by atoms with Gasteiger partial charge in [0.15, 0.2) is 22.7 Å². The number of nitrogens with zero attached hydrogens (tertiary/aromatic N) is 10. The zero-order valence-electron chi connectivity index (χ0n) is 30.9. The summed E-state index contributed by atoms with van der Waals surface area (Å²) >= 11 is 0. The molecular weight excluding hydrogens is 692 g/mol. The van der Waals surface area contributed by atoms with Crippen molar-refractivity contribution < 1.29 is 19.1 Å². The molecule has 0 saturated carbocycles. The molecule has 0 spiro atoms. The molecule has 0 radical (unpaired) electrons. The van der Waals surface area contributed by atoms with Crippen LogP contribution in [0.25, 0.3) is 11.4 Å². The molecule has 0 aliphatic carbocycles. The first kappa shape index (κ1) is 41.9. The second-order valence-electron chi connectivity index (χ2n) is 12.6. The zero-order chi connectivity index (χ0) is 39.4. The first-order chi connectivity index (χ1) is 25.8. The lowest BCUT2D eigenvalue weighted by Crippen LogP contribution is -2.30. The van der Waals surface area contributed by atoms with Gasteiger partial charge in [0.25, 0.3) is 0 Å². The maximum atomic E-state index is 12.5. The fourth-order valence-electron chi connectivity index (χ4n) is 4.36. The number of carbonyl (C=O) groups excluding carboxylic acids is 2. The molecule has 3 aromatic rings. The minimum absolute atomic E-state index is 0.0284. The summed E-state index contributed by atoms with van der Waals surface area (Å²) in [6.45, 7) is 7.90. The van der Waals surface area contributed by atoms with Gasteiger partial charge in [-0.15, -0.1) is 30.6 Å². The van der Waals surface area contributed by atoms with Crippen LogP contribution < -0.4 is 31.6 Å². The number of benzene rings is 2. The average molecular weight is 739 g/mol. The number of carbonyl (C=O) groups is 2. The van der Waals surface area contributed by atoms with Crippen LogP contribution in [0.4, 0.5) is 0 Å². The molecule has 2 atom stereocenters. The Labute approximate surface area is 314 Å². The van der Waals surface area contributed by atoms with Crippen molar-refractivity contribution in [1.29, 1.82) is 10.5 Å². The number of aromatic nitrogens is 4. The number of azo groups is 1. The Morgan fingerprint density at radius 3 is 1.67 bits per heavy atom. The molecule has 0 fully saturated rings. The second-order valence-corrected chi connectivity index (χ2v) is 12.6. The van der Waals surface area contributed by atoms with Crippen molar-refractivity contribution in [2.45, 2.75) is 77.3 Å². The fraction of sp³-hybridized carbons (Fsp3) is 0.444. The fourth-order valence-corrected chi connectivity index (χ4v) is 4.36. The number of hydrogen-bond donors (Lipinski definition) is 4. The van der Waals surface area contributed by atoms with Crippen LogP contribution in [0.3, 0.4) is 0 Å². The van der Waals surface area contributed by atoms with Gasteiger partial charge in [-0.2, -0.15) is 20.8 Å². The zero-order valence-corrected chi connectivity index (χ0v) is 30.9. The maximum absolute atomic E-state index is 12.5. The summed E-state index contributed by atoms with van der Waals surface area (Å²) in [5.74, 6) is 2.21. The van der Waals surface area contributed by atoms with E-state index in [1.165, 1.54) is 0 Å². The van der Waals surface area contributed by atoms with E-state index in [-0.39, 0.29) is 43.3 Å². The van der Waals surface area contributed by atoms with Crippen LogP contribution >= 0.6 is 0 Å². The van der Waals surface area contributed by atoms with Gasteiger partial charge in [0.1, 0.15) is 17.3 Å². The molecule has 2 amide bonds. The first-order valence-corrected chi connectivity index (χ1v) is 17.3. The molecule has 18 nitrogen and oxygen atoms in total. The topological polar surface area (TPSA) is 277 Å². The monoisotopic (exact) mass is 738 g/mol. The number of amidine groups is 2. The Morgan fingerprint density at radius 1 is 0.759 bits per heavy atom. The quantitative estimate of drug-likeness (QED) is 0.0403. The number of amides is 2. The Balaban J connectivity index is 1.31. The predicted molar refractivity (Wildman–Crippen MR) is 200 cm³/mol. The summed E-state index contributed by atoms with van der Waals surface area (Å²) in [5.41, 5.74) is 10.1. The van der Waals surface area contributed by atoms with E-state index in [4.69, 9.17) is 20.9 Å². The molecule has 0 aliphatic heterocycles. The summed E-state index contributed by atoms with van der Waals surface area (Å²) in [7, 11) is 0. The Hall–Kier alpha value is -6.56. The van der Waals surface area contributed by atoms with Crippen LogP contribution in [0, 0.1) is 29.6 Å². The average Bonchev–Trinajstić information content (AvgIpc) is 3.18. The SMILES string of the molecule is C/C(N)=N/N=C(\N)c1ccc(OCCCNC(=O)CCC(C)(C#N)/N=N/C(C)(C#N)CCC(=O)NCCCOc2ccc(-c3nnc(C)nn3)cc2)cc1. The van der Waals surface area contributed by atoms with Gasteiger partial charge in [-0.1, -0.05) is 0 Å². The third-order valence-corrected chi connectivity index (χ3v) is 7.63. The van der Waals surface area contributed by atoms with Gasteiger partial charge in [0.05, 0.1) is 25.4 Å². The molecule has 18 heteroatoms. The lowest BCUT2D eigenvalue weighted by molar-refractivity contribution is -0.122. The highest BCUT2D eigenvalue weighted by Gasteiger charge is 2.29. The molecule has 284 valence electrons. The lowest BCUT2D eigenvalue weighted by Gasteiger charge is -2.19. The summed E-state index contributed by atoms with van der Waals surface area (Å²) in [5, 5.41) is 56.9. The number of hydrogen-bond acceptors (Lipinski definition) is 14. The number of nitrogens with two attached hydrogens (primary N) is 2. The van der Waals surface area contributed by atoms with E-state index >= 15 is 0 Å². The van der Waals surface area contributed by atoms with Gasteiger partial charge in [0, 0.05) is 37.1 Å². The van der Waals surface area contributed by atoms with Gasteiger partial charge >= 0.3 is 0 Å². The highest BCUT2D eigenvalue weighted by atomic mass is 16.5. The third kappa shape index (κ3) is 15.0. The smallest absolute Gasteiger partial charge is 0.220 e. The van der Waals surface area contributed by atoms with E-state index in [1.807, 2.05) is 12.1 Å². The van der Waals surface area contributed by atoms with Crippen LogP contribution in [-0.2, 0) is 9.59 Å². The Bertz CT molecular complexity index is 1850. The van der Waals surface area contributed by atoms with E-state index in [0.717, 1.165) is 5.56 Å². The van der Waals surface area contributed by atoms with E-state index in [2.05, 4.69) is 63.6 Å². The van der Waals surface area contributed by atoms with Crippen LogP contribution in [0.15, 0.2) is 69.0 Å². The highest BCUT2D eigenvalue weighted by Crippen LogP contribution is 2.24. The van der Waals surface area contributed by atoms with Crippen LogP contribution in [0.1, 0.15) is 70.7 Å². The number of nitrogens with one attached hydrogen (secondary N) is 2. The van der Waals surface area contributed by atoms with Gasteiger partial charge in [-0.25, -0.2) is 0 Å². The third-order valence-electron chi connectivity index (χ3n) is 7.63. The molecule has 0 bridgehead atoms. The summed E-state index contributed by atoms with van der Waals surface area (Å²) < 4.78 is 11.4. The largest absolute Gasteiger partial charge is 0.494 e. The standard InChI is InChI=1S/C36H46N14O4/c1-25(39)43-46-33(40)27-7-11-29(12-8-27)53-21-5-19-41-31(51)15-17-35(3,23-37)49-50-36(4,24-38)18-16-32(52)42-20-6-22-54-30-13-9-28(10-14-30)34-47-44-26(2)45-48-34/h7-14H,5-6,15-22H2,1-4H3,(H2,39,43)(H2,40,46)(H,41,51)(H,42,52)/b50-49+. The van der Waals surface area contributed by atoms with Crippen LogP contribution in [-0.4, -0.2) is 81.3 Å². The van der Waals surface area contributed by atoms with Gasteiger partial charge in [-0.3, -0.25) is 9.59 Å². The van der Waals surface area contributed by atoms with Crippen molar-refractivity contribution in [2.24, 2.45) is 31.9 Å². The van der Waals surface area contributed by atoms with Crippen LogP contribution in [0.2, 0.25) is 0 Å². The van der Waals surface area contributed by atoms with E-state index in [1.54, 1.807) is 64.1 Å². The molecule has 54 heavy (non-hydrogen) atoms. The molecule has 1 aromatic heterocycles. The molecule has 6 N–H and O–H groups in total. The van der Waals surface area contributed by atoms with Gasteiger partial charge in [-0.05, 0) is 102 Å². The Morgan fingerprint density at radius 2 is 1.22 bits per heavy atom. The van der Waals surface area contributed by atoms with Gasteiger partial charge < -0.3 is 31.6 Å². The summed E-state index contributed by atoms with van der Waals surface area (Å²) in [4.78, 5) is 24.9. The van der Waals surface area contributed by atoms with Crippen molar-refractivity contribution in [3.8, 4) is 35.0 Å².